The highest BCUT2D eigenvalue weighted by molar-refractivity contribution is 5.86. The van der Waals surface area contributed by atoms with Crippen LogP contribution >= 0.6 is 0 Å². The number of hydrogen-bond donors (Lipinski definition) is 2. The predicted molar refractivity (Wildman–Crippen MR) is 47.8 cm³/mol. The van der Waals surface area contributed by atoms with E-state index in [4.69, 9.17) is 10.8 Å². The van der Waals surface area contributed by atoms with Crippen LogP contribution in [0.1, 0.15) is 16.2 Å². The summed E-state index contributed by atoms with van der Waals surface area (Å²) in [5, 5.41) is 12.6. The molecule has 0 aliphatic rings. The summed E-state index contributed by atoms with van der Waals surface area (Å²) in [4.78, 5) is 14.6. The molecule has 0 bridgehead atoms. The van der Waals surface area contributed by atoms with Crippen molar-refractivity contribution in [3.63, 3.8) is 0 Å². The van der Waals surface area contributed by atoms with E-state index in [-0.39, 0.29) is 5.69 Å². The highest BCUT2D eigenvalue weighted by Crippen LogP contribution is 2.06. The van der Waals surface area contributed by atoms with E-state index in [0.29, 0.717) is 12.2 Å². The van der Waals surface area contributed by atoms with E-state index >= 15 is 0 Å². The number of fused-ring (bicyclic) bond motifs is 1. The molecule has 0 amide bonds. The van der Waals surface area contributed by atoms with Gasteiger partial charge in [0.1, 0.15) is 0 Å². The topological polar surface area (TPSA) is 93.5 Å². The number of carboxylic acids is 1. The first-order valence-electron chi connectivity index (χ1n) is 3.99. The number of rotatable bonds is 2. The lowest BCUT2D eigenvalue weighted by Gasteiger charge is -1.98. The number of carboxylic acid groups (broad SMARTS) is 1. The Bertz CT molecular complexity index is 491. The molecule has 2 heterocycles. The normalized spacial score (nSPS) is 10.6. The smallest absolute Gasteiger partial charge is 0.356 e. The maximum Gasteiger partial charge on any atom is 0.356 e. The van der Waals surface area contributed by atoms with Crippen molar-refractivity contribution in [3.8, 4) is 0 Å². The van der Waals surface area contributed by atoms with Gasteiger partial charge in [-0.1, -0.05) is 0 Å². The van der Waals surface area contributed by atoms with Gasteiger partial charge in [0.25, 0.3) is 0 Å². The van der Waals surface area contributed by atoms with Gasteiger partial charge in [0.15, 0.2) is 11.3 Å². The number of aromatic carboxylic acids is 1. The zero-order chi connectivity index (χ0) is 10.1. The van der Waals surface area contributed by atoms with Crippen molar-refractivity contribution in [2.45, 2.75) is 6.54 Å². The number of hydrogen-bond acceptors (Lipinski definition) is 4. The second-order valence-corrected chi connectivity index (χ2v) is 2.75. The van der Waals surface area contributed by atoms with E-state index in [1.54, 1.807) is 12.3 Å². The maximum atomic E-state index is 10.6. The fraction of sp³-hybridized carbons (Fsp3) is 0.125. The van der Waals surface area contributed by atoms with Crippen molar-refractivity contribution in [2.24, 2.45) is 5.73 Å². The molecule has 6 nitrogen and oxygen atoms in total. The Kier molecular flexibility index (Phi) is 1.90. The molecule has 2 aromatic rings. The minimum atomic E-state index is -1.07. The molecule has 72 valence electrons. The van der Waals surface area contributed by atoms with Crippen molar-refractivity contribution < 1.29 is 9.90 Å². The Labute approximate surface area is 79.0 Å². The third-order valence-electron chi connectivity index (χ3n) is 1.86. The first-order chi connectivity index (χ1) is 6.72. The van der Waals surface area contributed by atoms with Crippen LogP contribution in [0.15, 0.2) is 18.3 Å². The van der Waals surface area contributed by atoms with Gasteiger partial charge in [0.05, 0.1) is 5.69 Å². The third kappa shape index (κ3) is 1.21. The quantitative estimate of drug-likeness (QED) is 0.692. The van der Waals surface area contributed by atoms with Gasteiger partial charge in [-0.2, -0.15) is 5.10 Å². The van der Waals surface area contributed by atoms with Gasteiger partial charge in [-0.3, -0.25) is 0 Å². The van der Waals surface area contributed by atoms with Crippen molar-refractivity contribution in [1.29, 1.82) is 0 Å². The lowest BCUT2D eigenvalue weighted by atomic mass is 10.4. The number of carbonyl (C=O) groups is 1. The second kappa shape index (κ2) is 3.08. The number of aromatic nitrogens is 3. The molecule has 0 aliphatic carbocycles. The molecule has 3 N–H and O–H groups in total. The maximum absolute atomic E-state index is 10.6. The van der Waals surface area contributed by atoms with E-state index in [1.807, 2.05) is 0 Å². The first kappa shape index (κ1) is 8.64. The van der Waals surface area contributed by atoms with Crippen molar-refractivity contribution in [2.75, 3.05) is 0 Å². The van der Waals surface area contributed by atoms with Gasteiger partial charge in [-0.05, 0) is 6.07 Å². The van der Waals surface area contributed by atoms with Crippen LogP contribution in [-0.4, -0.2) is 25.7 Å². The molecule has 6 heteroatoms. The standard InChI is InChI=1S/C8H8N4O2/c9-4-5-1-2-10-7-3-6(8(13)14)11-12(5)7/h1-3H,4,9H2,(H,13,14). The molecule has 0 saturated carbocycles. The Balaban J connectivity index is 2.70. The molecule has 0 radical (unpaired) electrons. The zero-order valence-electron chi connectivity index (χ0n) is 7.21. The van der Waals surface area contributed by atoms with Gasteiger partial charge in [0.2, 0.25) is 0 Å². The third-order valence-corrected chi connectivity index (χ3v) is 1.86. The largest absolute Gasteiger partial charge is 0.476 e. The minimum absolute atomic E-state index is 0.0293. The molecule has 2 aromatic heterocycles. The van der Waals surface area contributed by atoms with Crippen LogP contribution in [0.3, 0.4) is 0 Å². The molecule has 0 unspecified atom stereocenters. The lowest BCUT2D eigenvalue weighted by molar-refractivity contribution is 0.0690. The van der Waals surface area contributed by atoms with E-state index in [2.05, 4.69) is 10.1 Å². The summed E-state index contributed by atoms with van der Waals surface area (Å²) in [7, 11) is 0. The molecular formula is C8H8N4O2. The number of nitrogens with two attached hydrogens (primary N) is 1. The Morgan fingerprint density at radius 2 is 2.43 bits per heavy atom. The zero-order valence-corrected chi connectivity index (χ0v) is 7.21. The van der Waals surface area contributed by atoms with Crippen LogP contribution in [0.5, 0.6) is 0 Å². The Hall–Kier alpha value is -1.95. The van der Waals surface area contributed by atoms with Gasteiger partial charge in [0, 0.05) is 18.8 Å². The van der Waals surface area contributed by atoms with Crippen LogP contribution in [0, 0.1) is 0 Å². The average molecular weight is 192 g/mol. The molecule has 0 spiro atoms. The van der Waals surface area contributed by atoms with Crippen molar-refractivity contribution in [1.82, 2.24) is 14.6 Å². The number of nitrogens with zero attached hydrogens (tertiary/aromatic N) is 3. The molecule has 14 heavy (non-hydrogen) atoms. The van der Waals surface area contributed by atoms with E-state index < -0.39 is 5.97 Å². The van der Waals surface area contributed by atoms with Gasteiger partial charge in [-0.15, -0.1) is 0 Å². The van der Waals surface area contributed by atoms with Crippen molar-refractivity contribution >= 4 is 11.6 Å². The molecule has 0 fully saturated rings. The van der Waals surface area contributed by atoms with E-state index in [0.717, 1.165) is 5.69 Å². The molecular weight excluding hydrogens is 184 g/mol. The minimum Gasteiger partial charge on any atom is -0.476 e. The first-order valence-corrected chi connectivity index (χ1v) is 3.99. The predicted octanol–water partition coefficient (Wildman–Crippen LogP) is -0.114. The highest BCUT2D eigenvalue weighted by Gasteiger charge is 2.10. The fourth-order valence-electron chi connectivity index (χ4n) is 1.20. The van der Waals surface area contributed by atoms with E-state index in [1.165, 1.54) is 10.6 Å². The molecule has 0 saturated heterocycles. The summed E-state index contributed by atoms with van der Waals surface area (Å²) in [6, 6.07) is 3.10. The van der Waals surface area contributed by atoms with Gasteiger partial charge < -0.3 is 10.8 Å². The average Bonchev–Trinajstić information content (AvgIpc) is 2.60. The molecule has 0 atom stereocenters. The summed E-state index contributed by atoms with van der Waals surface area (Å²) in [5.41, 5.74) is 6.65. The summed E-state index contributed by atoms with van der Waals surface area (Å²) >= 11 is 0. The summed E-state index contributed by atoms with van der Waals surface area (Å²) in [5.74, 6) is -1.07. The Morgan fingerprint density at radius 1 is 1.64 bits per heavy atom. The Morgan fingerprint density at radius 3 is 3.07 bits per heavy atom. The van der Waals surface area contributed by atoms with Crippen LogP contribution in [0.4, 0.5) is 0 Å². The lowest BCUT2D eigenvalue weighted by Crippen LogP contribution is -2.06. The fourth-order valence-corrected chi connectivity index (χ4v) is 1.20. The van der Waals surface area contributed by atoms with E-state index in [9.17, 15) is 4.79 Å². The van der Waals surface area contributed by atoms with Crippen LogP contribution < -0.4 is 5.73 Å². The highest BCUT2D eigenvalue weighted by atomic mass is 16.4. The summed E-state index contributed by atoms with van der Waals surface area (Å²) < 4.78 is 1.43. The molecule has 2 rings (SSSR count). The van der Waals surface area contributed by atoms with Crippen LogP contribution in [0.2, 0.25) is 0 Å². The van der Waals surface area contributed by atoms with Crippen LogP contribution in [0.25, 0.3) is 5.65 Å². The van der Waals surface area contributed by atoms with Gasteiger partial charge in [-0.25, -0.2) is 14.3 Å². The molecule has 0 aliphatic heterocycles. The molecule has 0 aromatic carbocycles. The SMILES string of the molecule is NCc1ccnc2cc(C(=O)O)nn12. The van der Waals surface area contributed by atoms with Crippen molar-refractivity contribution in [3.05, 3.63) is 29.7 Å². The monoisotopic (exact) mass is 192 g/mol. The summed E-state index contributed by atoms with van der Waals surface area (Å²) in [6.07, 6.45) is 1.57. The van der Waals surface area contributed by atoms with Gasteiger partial charge >= 0.3 is 5.97 Å². The summed E-state index contributed by atoms with van der Waals surface area (Å²) in [6.45, 7) is 0.291. The second-order valence-electron chi connectivity index (χ2n) is 2.75. The van der Waals surface area contributed by atoms with Crippen LogP contribution in [-0.2, 0) is 6.54 Å².